The highest BCUT2D eigenvalue weighted by molar-refractivity contribution is 5.97. The molecule has 0 bridgehead atoms. The number of carbonyl (C=O) groups excluding carboxylic acids is 1. The van der Waals surface area contributed by atoms with E-state index in [2.05, 4.69) is 0 Å². The van der Waals surface area contributed by atoms with Gasteiger partial charge in [-0.2, -0.15) is 0 Å². The van der Waals surface area contributed by atoms with E-state index in [0.717, 1.165) is 0 Å². The van der Waals surface area contributed by atoms with Crippen LogP contribution in [0.2, 0.25) is 0 Å². The number of carboxylic acids is 1. The Hall–Kier alpha value is -1.58. The van der Waals surface area contributed by atoms with Crippen LogP contribution in [-0.4, -0.2) is 28.9 Å². The normalized spacial score (nSPS) is 27.6. The second-order valence-electron chi connectivity index (χ2n) is 2.85. The lowest BCUT2D eigenvalue weighted by Crippen LogP contribution is -2.34. The molecular weight excluding hydrogens is 170 g/mol. The molecule has 0 aromatic carbocycles. The summed E-state index contributed by atoms with van der Waals surface area (Å²) in [6, 6.07) is 0. The van der Waals surface area contributed by atoms with Crippen molar-refractivity contribution in [2.24, 2.45) is 5.92 Å². The third-order valence-electron chi connectivity index (χ3n) is 1.87. The first-order valence-corrected chi connectivity index (χ1v) is 3.95. The van der Waals surface area contributed by atoms with Crippen molar-refractivity contribution in [1.82, 2.24) is 4.90 Å². The van der Waals surface area contributed by atoms with Crippen LogP contribution in [0.25, 0.3) is 0 Å². The van der Waals surface area contributed by atoms with E-state index < -0.39 is 11.9 Å². The van der Waals surface area contributed by atoms with E-state index >= 15 is 0 Å². The van der Waals surface area contributed by atoms with Gasteiger partial charge in [0.25, 0.3) is 0 Å². The maximum absolute atomic E-state index is 11.4. The van der Waals surface area contributed by atoms with E-state index in [1.165, 1.54) is 4.90 Å². The average Bonchev–Trinajstić information content (AvgIpc) is 2.06. The minimum atomic E-state index is -1.07. The largest absolute Gasteiger partial charge is 0.481 e. The van der Waals surface area contributed by atoms with Crippen LogP contribution < -0.4 is 0 Å². The third kappa shape index (κ3) is 2.18. The van der Waals surface area contributed by atoms with Gasteiger partial charge < -0.3 is 10.0 Å². The lowest BCUT2D eigenvalue weighted by atomic mass is 10.0. The van der Waals surface area contributed by atoms with E-state index in [1.807, 2.05) is 0 Å². The van der Waals surface area contributed by atoms with Crippen LogP contribution >= 0.6 is 0 Å². The summed E-state index contributed by atoms with van der Waals surface area (Å²) in [4.78, 5) is 23.4. The molecule has 0 saturated carbocycles. The van der Waals surface area contributed by atoms with E-state index in [0.29, 0.717) is 0 Å². The maximum Gasteiger partial charge on any atom is 0.316 e. The van der Waals surface area contributed by atoms with Crippen molar-refractivity contribution in [2.75, 3.05) is 7.05 Å². The Kier molecular flexibility index (Phi) is 2.84. The van der Waals surface area contributed by atoms with Gasteiger partial charge in [-0.15, -0.1) is 0 Å². The summed E-state index contributed by atoms with van der Waals surface area (Å²) in [6.07, 6.45) is 6.92. The quantitative estimate of drug-likeness (QED) is 0.603. The Morgan fingerprint density at radius 1 is 1.62 bits per heavy atom. The molecule has 1 aliphatic heterocycles. The van der Waals surface area contributed by atoms with Crippen LogP contribution in [0.1, 0.15) is 6.42 Å². The molecule has 0 spiro atoms. The van der Waals surface area contributed by atoms with Gasteiger partial charge in [0.05, 0.1) is 0 Å². The number of hydrogen-bond acceptors (Lipinski definition) is 2. The van der Waals surface area contributed by atoms with Gasteiger partial charge in [-0.05, 0) is 12.5 Å². The Morgan fingerprint density at radius 3 is 2.92 bits per heavy atom. The molecular formula is C9H11NO3. The summed E-state index contributed by atoms with van der Waals surface area (Å²) in [7, 11) is 1.55. The van der Waals surface area contributed by atoms with Crippen LogP contribution in [0.3, 0.4) is 0 Å². The van der Waals surface area contributed by atoms with Gasteiger partial charge in [-0.3, -0.25) is 9.59 Å². The molecule has 0 aromatic heterocycles. The van der Waals surface area contributed by atoms with Crippen molar-refractivity contribution in [3.8, 4) is 0 Å². The predicted molar refractivity (Wildman–Crippen MR) is 46.8 cm³/mol. The summed E-state index contributed by atoms with van der Waals surface area (Å²) in [5.41, 5.74) is 0. The molecule has 1 rings (SSSR count). The highest BCUT2D eigenvalue weighted by Gasteiger charge is 2.27. The summed E-state index contributed by atoms with van der Waals surface area (Å²) in [5, 5.41) is 8.74. The summed E-state index contributed by atoms with van der Waals surface area (Å²) in [6.45, 7) is 0. The number of rotatable bonds is 1. The zero-order valence-corrected chi connectivity index (χ0v) is 7.30. The highest BCUT2D eigenvalue weighted by atomic mass is 16.4. The van der Waals surface area contributed by atoms with E-state index in [4.69, 9.17) is 5.11 Å². The SMILES string of the molecule is CN1/C=C\C=C/CC(C(=O)O)C1=O. The minimum absolute atomic E-state index is 0.253. The van der Waals surface area contributed by atoms with Gasteiger partial charge in [0.15, 0.2) is 0 Å². The number of carboxylic acid groups (broad SMARTS) is 1. The molecule has 0 fully saturated rings. The zero-order chi connectivity index (χ0) is 9.84. The van der Waals surface area contributed by atoms with Crippen LogP contribution in [0.4, 0.5) is 0 Å². The second kappa shape index (κ2) is 3.89. The first kappa shape index (κ1) is 9.51. The molecule has 1 unspecified atom stereocenters. The molecule has 1 heterocycles. The molecule has 0 aromatic rings. The first-order chi connectivity index (χ1) is 6.13. The molecule has 0 radical (unpaired) electrons. The van der Waals surface area contributed by atoms with Crippen molar-refractivity contribution >= 4 is 11.9 Å². The Labute approximate surface area is 76.2 Å². The molecule has 1 aliphatic rings. The average molecular weight is 181 g/mol. The smallest absolute Gasteiger partial charge is 0.316 e. The number of nitrogens with zero attached hydrogens (tertiary/aromatic N) is 1. The Bertz CT molecular complexity index is 281. The lowest BCUT2D eigenvalue weighted by Gasteiger charge is -2.17. The summed E-state index contributed by atoms with van der Waals surface area (Å²) in [5.74, 6) is -2.41. The van der Waals surface area contributed by atoms with E-state index in [9.17, 15) is 9.59 Å². The lowest BCUT2D eigenvalue weighted by molar-refractivity contribution is -0.149. The molecule has 4 heteroatoms. The molecule has 1 atom stereocenters. The zero-order valence-electron chi connectivity index (χ0n) is 7.30. The fraction of sp³-hybridized carbons (Fsp3) is 0.333. The van der Waals surface area contributed by atoms with Gasteiger partial charge in [0.1, 0.15) is 5.92 Å². The number of amides is 1. The Morgan fingerprint density at radius 2 is 2.31 bits per heavy atom. The van der Waals surface area contributed by atoms with Crippen molar-refractivity contribution in [1.29, 1.82) is 0 Å². The van der Waals surface area contributed by atoms with Crippen molar-refractivity contribution < 1.29 is 14.7 Å². The van der Waals surface area contributed by atoms with E-state index in [-0.39, 0.29) is 12.3 Å². The molecule has 70 valence electrons. The molecule has 1 N–H and O–H groups in total. The van der Waals surface area contributed by atoms with Crippen LogP contribution in [0, 0.1) is 5.92 Å². The fourth-order valence-electron chi connectivity index (χ4n) is 1.10. The number of allylic oxidation sites excluding steroid dienone is 3. The van der Waals surface area contributed by atoms with Gasteiger partial charge >= 0.3 is 5.97 Å². The predicted octanol–water partition coefficient (Wildman–Crippen LogP) is 0.619. The van der Waals surface area contributed by atoms with Gasteiger partial charge in [0, 0.05) is 13.2 Å². The standard InChI is InChI=1S/C9H11NO3/c1-10-6-4-2-3-5-7(8(10)11)9(12)13/h2-4,6-7H,5H2,1H3,(H,12,13)/b3-2-,6-4-. The Balaban J connectivity index is 2.87. The topological polar surface area (TPSA) is 57.6 Å². The van der Waals surface area contributed by atoms with Crippen molar-refractivity contribution in [3.05, 3.63) is 24.4 Å². The molecule has 1 amide bonds. The van der Waals surface area contributed by atoms with Gasteiger partial charge in [-0.1, -0.05) is 12.2 Å². The fourth-order valence-corrected chi connectivity index (χ4v) is 1.10. The molecule has 4 nitrogen and oxygen atoms in total. The van der Waals surface area contributed by atoms with Gasteiger partial charge in [0.2, 0.25) is 5.91 Å². The number of hydrogen-bond donors (Lipinski definition) is 1. The molecule has 0 aliphatic carbocycles. The second-order valence-corrected chi connectivity index (χ2v) is 2.85. The first-order valence-electron chi connectivity index (χ1n) is 3.95. The number of carbonyl (C=O) groups is 2. The van der Waals surface area contributed by atoms with Crippen LogP contribution in [0.5, 0.6) is 0 Å². The molecule has 13 heavy (non-hydrogen) atoms. The minimum Gasteiger partial charge on any atom is -0.481 e. The van der Waals surface area contributed by atoms with Crippen LogP contribution in [0.15, 0.2) is 24.4 Å². The van der Waals surface area contributed by atoms with E-state index in [1.54, 1.807) is 31.5 Å². The maximum atomic E-state index is 11.4. The molecule has 0 saturated heterocycles. The monoisotopic (exact) mass is 181 g/mol. The highest BCUT2D eigenvalue weighted by Crippen LogP contribution is 2.11. The van der Waals surface area contributed by atoms with Crippen molar-refractivity contribution in [2.45, 2.75) is 6.42 Å². The number of aliphatic carboxylic acids is 1. The van der Waals surface area contributed by atoms with Crippen LogP contribution in [-0.2, 0) is 9.59 Å². The van der Waals surface area contributed by atoms with Crippen molar-refractivity contribution in [3.63, 3.8) is 0 Å². The van der Waals surface area contributed by atoms with Gasteiger partial charge in [-0.25, -0.2) is 0 Å². The summed E-state index contributed by atoms with van der Waals surface area (Å²) < 4.78 is 0. The third-order valence-corrected chi connectivity index (χ3v) is 1.87. The summed E-state index contributed by atoms with van der Waals surface area (Å²) >= 11 is 0.